The van der Waals surface area contributed by atoms with E-state index < -0.39 is 0 Å². The Kier molecular flexibility index (Phi) is 13.2. The highest BCUT2D eigenvalue weighted by molar-refractivity contribution is 8.77. The summed E-state index contributed by atoms with van der Waals surface area (Å²) < 4.78 is 9.77. The SMILES string of the molecule is CCOc1c(SSc2cnn(-c3ccccc3)c(=O)c2C)cnn(-c2ccccc2)c1=O.Cc1c(SSc2ccccn2)cnn(-c2ccccc2)c1=O. The lowest BCUT2D eigenvalue weighted by Gasteiger charge is -2.12. The van der Waals surface area contributed by atoms with Crippen molar-refractivity contribution in [1.82, 2.24) is 34.3 Å². The highest BCUT2D eigenvalue weighted by Crippen LogP contribution is 2.41. The van der Waals surface area contributed by atoms with Crippen LogP contribution in [0.5, 0.6) is 5.75 Å². The number of ether oxygens (including phenoxy) is 1. The first kappa shape index (κ1) is 38.4. The lowest BCUT2D eigenvalue weighted by Crippen LogP contribution is -2.24. The van der Waals surface area contributed by atoms with Gasteiger partial charge in [0, 0.05) is 27.1 Å². The van der Waals surface area contributed by atoms with Gasteiger partial charge in [0.25, 0.3) is 11.1 Å². The fraction of sp³-hybridized carbons (Fsp3) is 0.103. The third-order valence-electron chi connectivity index (χ3n) is 7.61. The Balaban J connectivity index is 0.000000197. The van der Waals surface area contributed by atoms with Crippen LogP contribution >= 0.6 is 43.2 Å². The molecule has 0 fully saturated rings. The number of aromatic nitrogens is 7. The Labute approximate surface area is 326 Å². The van der Waals surface area contributed by atoms with Crippen LogP contribution in [-0.4, -0.2) is 40.9 Å². The van der Waals surface area contributed by atoms with Gasteiger partial charge in [0.05, 0.1) is 47.2 Å². The van der Waals surface area contributed by atoms with Crippen molar-refractivity contribution in [3.05, 3.63) is 176 Å². The van der Waals surface area contributed by atoms with Crippen molar-refractivity contribution in [2.24, 2.45) is 0 Å². The number of hydrogen-bond donors (Lipinski definition) is 0. The van der Waals surface area contributed by atoms with E-state index in [4.69, 9.17) is 4.74 Å². The van der Waals surface area contributed by atoms with Crippen LogP contribution in [0.15, 0.2) is 168 Å². The zero-order valence-electron chi connectivity index (χ0n) is 29.3. The molecule has 11 nitrogen and oxygen atoms in total. The zero-order chi connectivity index (χ0) is 37.9. The van der Waals surface area contributed by atoms with Gasteiger partial charge in [-0.2, -0.15) is 29.3 Å². The molecule has 15 heteroatoms. The molecule has 0 amide bonds. The second-order valence-electron chi connectivity index (χ2n) is 11.2. The van der Waals surface area contributed by atoms with Gasteiger partial charge in [-0.15, -0.1) is 0 Å². The zero-order valence-corrected chi connectivity index (χ0v) is 32.6. The maximum Gasteiger partial charge on any atom is 0.315 e. The van der Waals surface area contributed by atoms with Crippen LogP contribution in [-0.2, 0) is 0 Å². The smallest absolute Gasteiger partial charge is 0.315 e. The van der Waals surface area contributed by atoms with Crippen LogP contribution in [0, 0.1) is 13.8 Å². The molecule has 272 valence electrons. The number of para-hydroxylation sites is 3. The van der Waals surface area contributed by atoms with Gasteiger partial charge in [0.1, 0.15) is 5.03 Å². The fourth-order valence-corrected chi connectivity index (χ4v) is 9.04. The minimum absolute atomic E-state index is 0.0992. The molecule has 0 spiro atoms. The standard InChI is InChI=1S/C23H20N4O3S2.C16H13N3OS2/c1-3-30-21-20(15-25-27(23(21)29)18-12-8-5-9-13-18)32-31-19-14-24-26(22(28)16(19)2)17-10-6-4-7-11-17;1-12-14(21-22-15-9-5-6-10-17-15)11-18-19(16(12)20)13-7-3-2-4-8-13/h4-15H,3H2,1-2H3;2-11H,1H3. The van der Waals surface area contributed by atoms with Crippen molar-refractivity contribution < 1.29 is 4.74 Å². The molecular formula is C39H33N7O4S4. The summed E-state index contributed by atoms with van der Waals surface area (Å²) in [5, 5.41) is 13.8. The summed E-state index contributed by atoms with van der Waals surface area (Å²) in [7, 11) is 5.66. The predicted molar refractivity (Wildman–Crippen MR) is 218 cm³/mol. The van der Waals surface area contributed by atoms with Crippen LogP contribution in [0.1, 0.15) is 18.1 Å². The molecule has 4 aromatic heterocycles. The number of hydrogen-bond acceptors (Lipinski definition) is 12. The minimum Gasteiger partial charge on any atom is -0.487 e. The van der Waals surface area contributed by atoms with Crippen molar-refractivity contribution in [1.29, 1.82) is 0 Å². The highest BCUT2D eigenvalue weighted by Gasteiger charge is 2.17. The van der Waals surface area contributed by atoms with E-state index in [1.807, 2.05) is 123 Å². The molecular weight excluding hydrogens is 759 g/mol. The maximum absolute atomic E-state index is 13.0. The first-order valence-corrected chi connectivity index (χ1v) is 20.8. The third-order valence-corrected chi connectivity index (χ3v) is 12.5. The summed E-state index contributed by atoms with van der Waals surface area (Å²) in [6.45, 7) is 5.76. The van der Waals surface area contributed by atoms with E-state index in [0.717, 1.165) is 15.6 Å². The summed E-state index contributed by atoms with van der Waals surface area (Å²) >= 11 is 0. The van der Waals surface area contributed by atoms with Crippen LogP contribution in [0.2, 0.25) is 0 Å². The predicted octanol–water partition coefficient (Wildman–Crippen LogP) is 8.02. The first-order valence-electron chi connectivity index (χ1n) is 16.5. The van der Waals surface area contributed by atoms with Gasteiger partial charge in [0.2, 0.25) is 5.75 Å². The van der Waals surface area contributed by atoms with Crippen LogP contribution < -0.4 is 21.4 Å². The van der Waals surface area contributed by atoms with Gasteiger partial charge in [-0.25, -0.2) is 4.98 Å². The maximum atomic E-state index is 13.0. The van der Waals surface area contributed by atoms with E-state index in [-0.39, 0.29) is 22.4 Å². The average molecular weight is 792 g/mol. The van der Waals surface area contributed by atoms with Gasteiger partial charge in [0.15, 0.2) is 0 Å². The molecule has 0 bridgehead atoms. The normalized spacial score (nSPS) is 10.7. The molecule has 0 aliphatic carbocycles. The lowest BCUT2D eigenvalue weighted by atomic mass is 10.3. The quantitative estimate of drug-likeness (QED) is 0.118. The summed E-state index contributed by atoms with van der Waals surface area (Å²) in [6, 6.07) is 33.6. The summed E-state index contributed by atoms with van der Waals surface area (Å²) in [5.74, 6) is 0.229. The van der Waals surface area contributed by atoms with E-state index in [2.05, 4.69) is 20.3 Å². The second-order valence-corrected chi connectivity index (χ2v) is 15.6. The first-order chi connectivity index (χ1) is 26.4. The Morgan fingerprint density at radius 3 is 1.37 bits per heavy atom. The largest absolute Gasteiger partial charge is 0.487 e. The molecule has 0 saturated heterocycles. The van der Waals surface area contributed by atoms with Gasteiger partial charge >= 0.3 is 5.56 Å². The van der Waals surface area contributed by atoms with Gasteiger partial charge in [-0.1, -0.05) is 71.5 Å². The van der Waals surface area contributed by atoms with Gasteiger partial charge in [-0.3, -0.25) is 14.4 Å². The number of rotatable bonds is 11. The van der Waals surface area contributed by atoms with Crippen LogP contribution in [0.25, 0.3) is 17.1 Å². The molecule has 0 aliphatic rings. The third kappa shape index (κ3) is 9.23. The summed E-state index contributed by atoms with van der Waals surface area (Å²) in [4.78, 5) is 44.7. The van der Waals surface area contributed by atoms with Gasteiger partial charge in [-0.05, 0) is 102 Å². The van der Waals surface area contributed by atoms with E-state index in [1.165, 1.54) is 57.2 Å². The molecule has 7 aromatic rings. The van der Waals surface area contributed by atoms with Gasteiger partial charge < -0.3 is 4.74 Å². The topological polar surface area (TPSA) is 127 Å². The molecule has 7 rings (SSSR count). The van der Waals surface area contributed by atoms with Crippen molar-refractivity contribution in [3.63, 3.8) is 0 Å². The van der Waals surface area contributed by atoms with Crippen molar-refractivity contribution in [2.75, 3.05) is 6.61 Å². The number of pyridine rings is 1. The molecule has 4 heterocycles. The molecule has 0 atom stereocenters. The number of nitrogens with zero attached hydrogens (tertiary/aromatic N) is 7. The van der Waals surface area contributed by atoms with E-state index in [9.17, 15) is 14.4 Å². The molecule has 0 aliphatic heterocycles. The molecule has 54 heavy (non-hydrogen) atoms. The van der Waals surface area contributed by atoms with Crippen molar-refractivity contribution in [3.8, 4) is 22.8 Å². The molecule has 0 radical (unpaired) electrons. The van der Waals surface area contributed by atoms with Crippen molar-refractivity contribution >= 4 is 43.2 Å². The van der Waals surface area contributed by atoms with Crippen LogP contribution in [0.3, 0.4) is 0 Å². The van der Waals surface area contributed by atoms with E-state index in [1.54, 1.807) is 31.7 Å². The average Bonchev–Trinajstić information content (AvgIpc) is 3.22. The Morgan fingerprint density at radius 1 is 0.519 bits per heavy atom. The van der Waals surface area contributed by atoms with E-state index >= 15 is 0 Å². The minimum atomic E-state index is -0.335. The number of benzene rings is 3. The summed E-state index contributed by atoms with van der Waals surface area (Å²) in [5.41, 5.74) is 2.77. The Hall–Kier alpha value is -5.35. The lowest BCUT2D eigenvalue weighted by molar-refractivity contribution is 0.323. The monoisotopic (exact) mass is 791 g/mol. The molecule has 0 saturated carbocycles. The van der Waals surface area contributed by atoms with Crippen LogP contribution in [0.4, 0.5) is 0 Å². The van der Waals surface area contributed by atoms with E-state index in [0.29, 0.717) is 38.9 Å². The highest BCUT2D eigenvalue weighted by atomic mass is 33.1. The Morgan fingerprint density at radius 2 is 0.926 bits per heavy atom. The Bertz CT molecular complexity index is 2500. The van der Waals surface area contributed by atoms with Crippen molar-refractivity contribution in [2.45, 2.75) is 40.5 Å². The molecule has 0 unspecified atom stereocenters. The molecule has 0 N–H and O–H groups in total. The second kappa shape index (κ2) is 18.6. The summed E-state index contributed by atoms with van der Waals surface area (Å²) in [6.07, 6.45) is 6.73. The fourth-order valence-electron chi connectivity index (χ4n) is 4.81. The molecule has 3 aromatic carbocycles.